The van der Waals surface area contributed by atoms with E-state index < -0.39 is 11.7 Å². The molecule has 0 spiro atoms. The summed E-state index contributed by atoms with van der Waals surface area (Å²) in [5, 5.41) is 0. The summed E-state index contributed by atoms with van der Waals surface area (Å²) in [4.78, 5) is 6.65. The number of hydrogen-bond acceptors (Lipinski definition) is 3. The van der Waals surface area contributed by atoms with Crippen LogP contribution in [0.25, 0.3) is 0 Å². The normalized spacial score (nSPS) is 20.8. The van der Waals surface area contributed by atoms with Gasteiger partial charge in [0.05, 0.1) is 16.9 Å². The zero-order chi connectivity index (χ0) is 18.7. The first kappa shape index (κ1) is 20.2. The Morgan fingerprint density at radius 2 is 1.80 bits per heavy atom. The Hall–Kier alpha value is -1.14. The highest BCUT2D eigenvalue weighted by Crippen LogP contribution is 2.41. The molecule has 0 unspecified atom stereocenters. The minimum Gasteiger partial charge on any atom is -0.378 e. The molecule has 2 heterocycles. The van der Waals surface area contributed by atoms with Gasteiger partial charge in [0.25, 0.3) is 0 Å². The van der Waals surface area contributed by atoms with Gasteiger partial charge in [0.1, 0.15) is 0 Å². The summed E-state index contributed by atoms with van der Waals surface area (Å²) < 4.78 is 44.8. The second kappa shape index (κ2) is 8.04. The second-order valence-electron chi connectivity index (χ2n) is 6.97. The van der Waals surface area contributed by atoms with Crippen molar-refractivity contribution in [3.05, 3.63) is 29.1 Å². The molecule has 0 bridgehead atoms. The van der Waals surface area contributed by atoms with Gasteiger partial charge in [-0.2, -0.15) is 13.2 Å². The largest absolute Gasteiger partial charge is 0.416 e. The lowest BCUT2D eigenvalue weighted by Gasteiger charge is -2.38. The molecule has 0 atom stereocenters. The summed E-state index contributed by atoms with van der Waals surface area (Å²) in [6.07, 6.45) is -0.638. The maximum absolute atomic E-state index is 13.1. The predicted molar refractivity (Wildman–Crippen MR) is 92.5 cm³/mol. The van der Waals surface area contributed by atoms with Gasteiger partial charge < -0.3 is 4.74 Å². The fraction of sp³-hybridized carbons (Fsp3) is 0.737. The number of alkyl halides is 3. The van der Waals surface area contributed by atoms with Crippen molar-refractivity contribution in [1.29, 1.82) is 0 Å². The van der Waals surface area contributed by atoms with Crippen molar-refractivity contribution in [1.82, 2.24) is 9.88 Å². The molecule has 2 aliphatic rings. The summed E-state index contributed by atoms with van der Waals surface area (Å²) in [6.45, 7) is 8.20. The molecule has 1 aromatic rings. The summed E-state index contributed by atoms with van der Waals surface area (Å²) >= 11 is 0. The molecule has 1 aromatic heterocycles. The van der Waals surface area contributed by atoms with Crippen LogP contribution in [0.4, 0.5) is 13.2 Å². The van der Waals surface area contributed by atoms with Gasteiger partial charge in [-0.25, -0.2) is 0 Å². The number of nitrogens with zero attached hydrogens (tertiary/aromatic N) is 2. The SMILES string of the molecule is CC.COC1(C)CCN(Cc2cc(C(F)(F)F)cc(C3CC3)n2)CC1. The van der Waals surface area contributed by atoms with Gasteiger partial charge in [-0.05, 0) is 44.7 Å². The topological polar surface area (TPSA) is 25.4 Å². The summed E-state index contributed by atoms with van der Waals surface area (Å²) in [7, 11) is 1.71. The van der Waals surface area contributed by atoms with Crippen molar-refractivity contribution in [3.8, 4) is 0 Å². The molecule has 0 aromatic carbocycles. The minimum atomic E-state index is -4.31. The van der Waals surface area contributed by atoms with Crippen LogP contribution in [0.15, 0.2) is 12.1 Å². The first-order valence-corrected chi connectivity index (χ1v) is 9.15. The highest BCUT2D eigenvalue weighted by molar-refractivity contribution is 5.28. The van der Waals surface area contributed by atoms with Crippen LogP contribution in [0.1, 0.15) is 69.3 Å². The highest BCUT2D eigenvalue weighted by Gasteiger charge is 2.35. The monoisotopic (exact) mass is 358 g/mol. The van der Waals surface area contributed by atoms with Crippen LogP contribution >= 0.6 is 0 Å². The van der Waals surface area contributed by atoms with E-state index in [0.29, 0.717) is 17.9 Å². The lowest BCUT2D eigenvalue weighted by molar-refractivity contribution is -0.137. The number of hydrogen-bond donors (Lipinski definition) is 0. The van der Waals surface area contributed by atoms with E-state index in [1.807, 2.05) is 13.8 Å². The molecule has 1 aliphatic carbocycles. The molecule has 3 nitrogen and oxygen atoms in total. The lowest BCUT2D eigenvalue weighted by atomic mass is 9.93. The third-order valence-electron chi connectivity index (χ3n) is 5.01. The molecule has 0 amide bonds. The van der Waals surface area contributed by atoms with Crippen molar-refractivity contribution in [3.63, 3.8) is 0 Å². The molecular weight excluding hydrogens is 329 g/mol. The van der Waals surface area contributed by atoms with Crippen molar-refractivity contribution in [2.45, 2.75) is 70.7 Å². The number of methoxy groups -OCH3 is 1. The van der Waals surface area contributed by atoms with E-state index in [2.05, 4.69) is 16.8 Å². The summed E-state index contributed by atoms with van der Waals surface area (Å²) in [5.41, 5.74) is 0.455. The molecule has 1 saturated carbocycles. The third-order valence-corrected chi connectivity index (χ3v) is 5.01. The highest BCUT2D eigenvalue weighted by atomic mass is 19.4. The van der Waals surface area contributed by atoms with Gasteiger partial charge in [-0.1, -0.05) is 13.8 Å². The molecule has 0 N–H and O–H groups in total. The molecular formula is C19H29F3N2O. The van der Waals surface area contributed by atoms with Gasteiger partial charge in [0.15, 0.2) is 0 Å². The van der Waals surface area contributed by atoms with Gasteiger partial charge in [0, 0.05) is 38.4 Å². The van der Waals surface area contributed by atoms with Gasteiger partial charge in [0.2, 0.25) is 0 Å². The van der Waals surface area contributed by atoms with Crippen LogP contribution in [0.5, 0.6) is 0 Å². The molecule has 2 fully saturated rings. The Labute approximate surface area is 148 Å². The molecule has 0 radical (unpaired) electrons. The fourth-order valence-corrected chi connectivity index (χ4v) is 3.06. The third kappa shape index (κ3) is 5.42. The van der Waals surface area contributed by atoms with Crippen LogP contribution in [0, 0.1) is 0 Å². The number of ether oxygens (including phenoxy) is 1. The van der Waals surface area contributed by atoms with Crippen LogP contribution in [0.2, 0.25) is 0 Å². The van der Waals surface area contributed by atoms with E-state index >= 15 is 0 Å². The zero-order valence-electron chi connectivity index (χ0n) is 15.6. The summed E-state index contributed by atoms with van der Waals surface area (Å²) in [5.74, 6) is 0.217. The van der Waals surface area contributed by atoms with Crippen molar-refractivity contribution in [2.75, 3.05) is 20.2 Å². The Kier molecular flexibility index (Phi) is 6.49. The van der Waals surface area contributed by atoms with E-state index in [1.54, 1.807) is 7.11 Å². The summed E-state index contributed by atoms with van der Waals surface area (Å²) in [6, 6.07) is 2.43. The smallest absolute Gasteiger partial charge is 0.378 e. The van der Waals surface area contributed by atoms with E-state index in [4.69, 9.17) is 4.74 Å². The molecule has 25 heavy (non-hydrogen) atoms. The Bertz CT molecular complexity index is 562. The first-order valence-electron chi connectivity index (χ1n) is 9.15. The molecule has 3 rings (SSSR count). The van der Waals surface area contributed by atoms with E-state index in [9.17, 15) is 13.2 Å². The number of halogens is 3. The number of rotatable bonds is 4. The zero-order valence-corrected chi connectivity index (χ0v) is 15.6. The maximum atomic E-state index is 13.1. The van der Waals surface area contributed by atoms with Crippen molar-refractivity contribution in [2.24, 2.45) is 0 Å². The lowest BCUT2D eigenvalue weighted by Crippen LogP contribution is -2.43. The Morgan fingerprint density at radius 1 is 1.20 bits per heavy atom. The molecule has 1 saturated heterocycles. The molecule has 142 valence electrons. The van der Waals surface area contributed by atoms with E-state index in [-0.39, 0.29) is 11.5 Å². The van der Waals surface area contributed by atoms with Crippen molar-refractivity contribution >= 4 is 0 Å². The van der Waals surface area contributed by atoms with Crippen LogP contribution in [0.3, 0.4) is 0 Å². The number of piperidine rings is 1. The fourth-order valence-electron chi connectivity index (χ4n) is 3.06. The van der Waals surface area contributed by atoms with Crippen LogP contribution in [-0.2, 0) is 17.5 Å². The minimum absolute atomic E-state index is 0.114. The van der Waals surface area contributed by atoms with Gasteiger partial charge in [-0.3, -0.25) is 9.88 Å². The van der Waals surface area contributed by atoms with E-state index in [1.165, 1.54) is 12.1 Å². The maximum Gasteiger partial charge on any atom is 0.416 e. The first-order chi connectivity index (χ1) is 11.8. The van der Waals surface area contributed by atoms with Crippen LogP contribution < -0.4 is 0 Å². The molecule has 6 heteroatoms. The Morgan fingerprint density at radius 3 is 2.28 bits per heavy atom. The predicted octanol–water partition coefficient (Wildman–Crippen LogP) is 5.00. The van der Waals surface area contributed by atoms with Crippen molar-refractivity contribution < 1.29 is 17.9 Å². The van der Waals surface area contributed by atoms with E-state index in [0.717, 1.165) is 38.8 Å². The van der Waals surface area contributed by atoms with Gasteiger partial charge in [-0.15, -0.1) is 0 Å². The number of pyridine rings is 1. The second-order valence-corrected chi connectivity index (χ2v) is 6.97. The average molecular weight is 358 g/mol. The standard InChI is InChI=1S/C17H23F3N2O.C2H6/c1-16(23-2)5-7-22(8-6-16)11-14-9-13(17(18,19)20)10-15(21-14)12-3-4-12;1-2/h9-10,12H,3-8,11H2,1-2H3;1-2H3. The number of aromatic nitrogens is 1. The van der Waals surface area contributed by atoms with Crippen LogP contribution in [-0.4, -0.2) is 35.7 Å². The van der Waals surface area contributed by atoms with Gasteiger partial charge >= 0.3 is 6.18 Å². The molecule has 1 aliphatic heterocycles. The number of likely N-dealkylation sites (tertiary alicyclic amines) is 1. The Balaban J connectivity index is 0.00000109. The average Bonchev–Trinajstić information content (AvgIpc) is 3.43. The quantitative estimate of drug-likeness (QED) is 0.757.